The lowest BCUT2D eigenvalue weighted by atomic mass is 10.2. The van der Waals surface area contributed by atoms with Gasteiger partial charge in [0.15, 0.2) is 0 Å². The third-order valence-electron chi connectivity index (χ3n) is 2.65. The largest absolute Gasteiger partial charge is 0.269 e. The summed E-state index contributed by atoms with van der Waals surface area (Å²) in [5, 5.41) is 0. The number of hydrogen-bond acceptors (Lipinski definition) is 2. The number of hydrazine groups is 1. The smallest absolute Gasteiger partial charge is 0.268 e. The SMILES string of the molecule is O=C(/C=C/c1ccccc1Br)NNC(=O)c1ccccc1. The van der Waals surface area contributed by atoms with Crippen LogP contribution in [0.15, 0.2) is 65.1 Å². The highest BCUT2D eigenvalue weighted by Crippen LogP contribution is 2.16. The molecule has 2 aromatic carbocycles. The molecule has 0 heterocycles. The third kappa shape index (κ3) is 4.57. The second-order valence-corrected chi connectivity index (χ2v) is 5.02. The van der Waals surface area contributed by atoms with Gasteiger partial charge in [0.2, 0.25) is 0 Å². The zero-order chi connectivity index (χ0) is 15.1. The zero-order valence-corrected chi connectivity index (χ0v) is 12.6. The topological polar surface area (TPSA) is 58.2 Å². The van der Waals surface area contributed by atoms with Crippen molar-refractivity contribution in [2.75, 3.05) is 0 Å². The van der Waals surface area contributed by atoms with Crippen molar-refractivity contribution >= 4 is 33.8 Å². The van der Waals surface area contributed by atoms with Gasteiger partial charge in [-0.1, -0.05) is 52.3 Å². The summed E-state index contributed by atoms with van der Waals surface area (Å²) in [6, 6.07) is 16.2. The minimum absolute atomic E-state index is 0.363. The Morgan fingerprint density at radius 3 is 2.29 bits per heavy atom. The van der Waals surface area contributed by atoms with Crippen molar-refractivity contribution in [1.29, 1.82) is 0 Å². The van der Waals surface area contributed by atoms with Gasteiger partial charge in [-0.05, 0) is 29.8 Å². The Bertz CT molecular complexity index is 669. The summed E-state index contributed by atoms with van der Waals surface area (Å²) in [5.74, 6) is -0.770. The average Bonchev–Trinajstić information content (AvgIpc) is 2.52. The van der Waals surface area contributed by atoms with Crippen LogP contribution in [-0.4, -0.2) is 11.8 Å². The predicted octanol–water partition coefficient (Wildman–Crippen LogP) is 2.92. The Morgan fingerprint density at radius 2 is 1.57 bits per heavy atom. The van der Waals surface area contributed by atoms with E-state index < -0.39 is 5.91 Å². The van der Waals surface area contributed by atoms with E-state index in [0.717, 1.165) is 10.0 Å². The van der Waals surface area contributed by atoms with Crippen LogP contribution in [-0.2, 0) is 4.79 Å². The lowest BCUT2D eigenvalue weighted by molar-refractivity contribution is -0.117. The minimum Gasteiger partial charge on any atom is -0.268 e. The second-order valence-electron chi connectivity index (χ2n) is 4.16. The van der Waals surface area contributed by atoms with Gasteiger partial charge < -0.3 is 0 Å². The number of halogens is 1. The fourth-order valence-corrected chi connectivity index (χ4v) is 2.01. The molecule has 0 spiro atoms. The fraction of sp³-hybridized carbons (Fsp3) is 0. The lowest BCUT2D eigenvalue weighted by Crippen LogP contribution is -2.40. The number of benzene rings is 2. The maximum atomic E-state index is 11.7. The van der Waals surface area contributed by atoms with E-state index in [1.165, 1.54) is 6.08 Å². The molecular weight excluding hydrogens is 332 g/mol. The van der Waals surface area contributed by atoms with Crippen LogP contribution in [0.2, 0.25) is 0 Å². The Balaban J connectivity index is 1.88. The summed E-state index contributed by atoms with van der Waals surface area (Å²) in [7, 11) is 0. The second kappa shape index (κ2) is 7.40. The first-order valence-corrected chi connectivity index (χ1v) is 7.04. The molecule has 4 nitrogen and oxygen atoms in total. The van der Waals surface area contributed by atoms with E-state index in [-0.39, 0.29) is 5.91 Å². The van der Waals surface area contributed by atoms with Crippen LogP contribution in [0.5, 0.6) is 0 Å². The molecule has 0 aliphatic carbocycles. The first-order valence-electron chi connectivity index (χ1n) is 6.25. The monoisotopic (exact) mass is 344 g/mol. The van der Waals surface area contributed by atoms with Gasteiger partial charge in [0.05, 0.1) is 0 Å². The summed E-state index contributed by atoms with van der Waals surface area (Å²) < 4.78 is 0.891. The highest BCUT2D eigenvalue weighted by molar-refractivity contribution is 9.10. The normalized spacial score (nSPS) is 10.3. The molecule has 2 aromatic rings. The fourth-order valence-electron chi connectivity index (χ4n) is 1.60. The van der Waals surface area contributed by atoms with Gasteiger partial charge in [-0.2, -0.15) is 0 Å². The molecule has 0 bridgehead atoms. The van der Waals surface area contributed by atoms with Crippen molar-refractivity contribution in [2.24, 2.45) is 0 Å². The Labute approximate surface area is 131 Å². The van der Waals surface area contributed by atoms with Gasteiger partial charge in [-0.15, -0.1) is 0 Å². The summed E-state index contributed by atoms with van der Waals surface area (Å²) in [6.07, 6.45) is 3.01. The van der Waals surface area contributed by atoms with Gasteiger partial charge in [-0.25, -0.2) is 0 Å². The maximum absolute atomic E-state index is 11.7. The molecule has 0 atom stereocenters. The molecule has 0 fully saturated rings. The molecule has 106 valence electrons. The highest BCUT2D eigenvalue weighted by Gasteiger charge is 2.04. The van der Waals surface area contributed by atoms with Crippen molar-refractivity contribution < 1.29 is 9.59 Å². The first-order chi connectivity index (χ1) is 10.2. The molecule has 2 N–H and O–H groups in total. The maximum Gasteiger partial charge on any atom is 0.269 e. The van der Waals surface area contributed by atoms with Crippen molar-refractivity contribution in [2.45, 2.75) is 0 Å². The van der Waals surface area contributed by atoms with Crippen LogP contribution in [0, 0.1) is 0 Å². The van der Waals surface area contributed by atoms with Crippen molar-refractivity contribution in [3.05, 3.63) is 76.3 Å². The van der Waals surface area contributed by atoms with E-state index in [4.69, 9.17) is 0 Å². The van der Waals surface area contributed by atoms with Crippen LogP contribution in [0.3, 0.4) is 0 Å². The molecule has 0 saturated heterocycles. The molecule has 21 heavy (non-hydrogen) atoms. The summed E-state index contributed by atoms with van der Waals surface area (Å²) in [5.41, 5.74) is 6.03. The molecule has 2 amide bonds. The van der Waals surface area contributed by atoms with Gasteiger partial charge >= 0.3 is 0 Å². The Kier molecular flexibility index (Phi) is 5.29. The van der Waals surface area contributed by atoms with Crippen molar-refractivity contribution in [3.63, 3.8) is 0 Å². The first kappa shape index (κ1) is 15.0. The minimum atomic E-state index is -0.407. The molecular formula is C16H13BrN2O2. The number of hydrogen-bond donors (Lipinski definition) is 2. The van der Waals surface area contributed by atoms with Crippen molar-refractivity contribution in [3.8, 4) is 0 Å². The van der Waals surface area contributed by atoms with Gasteiger partial charge in [0, 0.05) is 16.1 Å². The number of rotatable bonds is 3. The van der Waals surface area contributed by atoms with Crippen LogP contribution in [0.4, 0.5) is 0 Å². The molecule has 0 saturated carbocycles. The molecule has 0 aliphatic heterocycles. The van der Waals surface area contributed by atoms with E-state index in [1.807, 2.05) is 30.3 Å². The number of carbonyl (C=O) groups excluding carboxylic acids is 2. The molecule has 0 radical (unpaired) electrons. The molecule has 5 heteroatoms. The Hall–Kier alpha value is -2.40. The van der Waals surface area contributed by atoms with Gasteiger partial charge in [-0.3, -0.25) is 20.4 Å². The van der Waals surface area contributed by atoms with E-state index >= 15 is 0 Å². The van der Waals surface area contributed by atoms with Crippen LogP contribution >= 0.6 is 15.9 Å². The average molecular weight is 345 g/mol. The van der Waals surface area contributed by atoms with E-state index in [2.05, 4.69) is 26.8 Å². The number of nitrogens with one attached hydrogen (secondary N) is 2. The molecule has 0 aliphatic rings. The van der Waals surface area contributed by atoms with Gasteiger partial charge in [0.25, 0.3) is 11.8 Å². The zero-order valence-electron chi connectivity index (χ0n) is 11.0. The molecule has 0 unspecified atom stereocenters. The van der Waals surface area contributed by atoms with Gasteiger partial charge in [0.1, 0.15) is 0 Å². The van der Waals surface area contributed by atoms with Crippen LogP contribution in [0.25, 0.3) is 6.08 Å². The highest BCUT2D eigenvalue weighted by atomic mass is 79.9. The summed E-state index contributed by atoms with van der Waals surface area (Å²) in [6.45, 7) is 0. The quantitative estimate of drug-likeness (QED) is 0.664. The van der Waals surface area contributed by atoms with E-state index in [0.29, 0.717) is 5.56 Å². The molecule has 0 aromatic heterocycles. The van der Waals surface area contributed by atoms with E-state index in [9.17, 15) is 9.59 Å². The molecule has 2 rings (SSSR count). The standard InChI is InChI=1S/C16H13BrN2O2/c17-14-9-5-4-6-12(14)10-11-15(20)18-19-16(21)13-7-2-1-3-8-13/h1-11H,(H,18,20)(H,19,21)/b11-10+. The van der Waals surface area contributed by atoms with Crippen LogP contribution in [0.1, 0.15) is 15.9 Å². The third-order valence-corrected chi connectivity index (χ3v) is 3.38. The van der Waals surface area contributed by atoms with Crippen LogP contribution < -0.4 is 10.9 Å². The van der Waals surface area contributed by atoms with Crippen molar-refractivity contribution in [1.82, 2.24) is 10.9 Å². The van der Waals surface area contributed by atoms with E-state index in [1.54, 1.807) is 30.3 Å². The summed E-state index contributed by atoms with van der Waals surface area (Å²) >= 11 is 3.39. The lowest BCUT2D eigenvalue weighted by Gasteiger charge is -2.05. The summed E-state index contributed by atoms with van der Waals surface area (Å²) in [4.78, 5) is 23.4. The number of amides is 2. The number of carbonyl (C=O) groups is 2. The predicted molar refractivity (Wildman–Crippen MR) is 85.2 cm³/mol. The Morgan fingerprint density at radius 1 is 0.905 bits per heavy atom.